The zero-order valence-electron chi connectivity index (χ0n) is 10.4. The highest BCUT2D eigenvalue weighted by Gasteiger charge is 2.35. The lowest BCUT2D eigenvalue weighted by atomic mass is 10.0. The first-order chi connectivity index (χ1) is 8.82. The number of aliphatic hydroxyl groups excluding tert-OH is 1. The first kappa shape index (κ1) is 15.3. The lowest BCUT2D eigenvalue weighted by Crippen LogP contribution is -2.30. The van der Waals surface area contributed by atoms with Gasteiger partial charge in [0.05, 0.1) is 11.1 Å². The highest BCUT2D eigenvalue weighted by Crippen LogP contribution is 2.31. The lowest BCUT2D eigenvalue weighted by molar-refractivity contribution is 0.133. The zero-order chi connectivity index (χ0) is 14.2. The summed E-state index contributed by atoms with van der Waals surface area (Å²) in [5, 5.41) is 9.75. The van der Waals surface area contributed by atoms with Crippen molar-refractivity contribution < 1.29 is 13.5 Å². The number of sulfonamides is 1. The van der Waals surface area contributed by atoms with E-state index >= 15 is 0 Å². The fourth-order valence-electron chi connectivity index (χ4n) is 2.19. The topological polar surface area (TPSA) is 57.6 Å². The molecule has 1 heterocycles. The summed E-state index contributed by atoms with van der Waals surface area (Å²) >= 11 is 9.26. The summed E-state index contributed by atoms with van der Waals surface area (Å²) in [6.45, 7) is 2.45. The van der Waals surface area contributed by atoms with Gasteiger partial charge in [0.15, 0.2) is 0 Å². The zero-order valence-corrected chi connectivity index (χ0v) is 13.5. The Morgan fingerprint density at radius 3 is 2.74 bits per heavy atom. The van der Waals surface area contributed by atoms with Crippen molar-refractivity contribution in [3.05, 3.63) is 27.7 Å². The van der Waals surface area contributed by atoms with Gasteiger partial charge in [-0.05, 0) is 37.5 Å². The van der Waals surface area contributed by atoms with Gasteiger partial charge in [-0.15, -0.1) is 0 Å². The molecule has 106 valence electrons. The molecule has 1 aliphatic heterocycles. The van der Waals surface area contributed by atoms with Gasteiger partial charge in [0.1, 0.15) is 4.90 Å². The predicted octanol–water partition coefficient (Wildman–Crippen LogP) is 2.49. The van der Waals surface area contributed by atoms with E-state index in [0.717, 1.165) is 4.47 Å². The predicted molar refractivity (Wildman–Crippen MR) is 77.7 cm³/mol. The van der Waals surface area contributed by atoms with Crippen LogP contribution < -0.4 is 0 Å². The largest absolute Gasteiger partial charge is 0.393 e. The molecule has 2 rings (SSSR count). The molecule has 1 aliphatic rings. The molecule has 0 bridgehead atoms. The molecule has 1 aromatic rings. The number of hydrogen-bond acceptors (Lipinski definition) is 3. The van der Waals surface area contributed by atoms with Crippen molar-refractivity contribution in [2.75, 3.05) is 13.1 Å². The van der Waals surface area contributed by atoms with Crippen LogP contribution >= 0.6 is 27.5 Å². The van der Waals surface area contributed by atoms with Crippen LogP contribution in [0.5, 0.6) is 0 Å². The number of benzene rings is 1. The Hall–Kier alpha value is -0.140. The quantitative estimate of drug-likeness (QED) is 0.892. The minimum absolute atomic E-state index is 0.0102. The summed E-state index contributed by atoms with van der Waals surface area (Å²) in [4.78, 5) is 0.114. The highest BCUT2D eigenvalue weighted by atomic mass is 79.9. The Kier molecular flexibility index (Phi) is 4.57. The van der Waals surface area contributed by atoms with Gasteiger partial charge in [-0.2, -0.15) is 4.31 Å². The minimum Gasteiger partial charge on any atom is -0.393 e. The molecule has 0 aromatic heterocycles. The molecule has 1 fully saturated rings. The summed E-state index contributed by atoms with van der Waals surface area (Å²) in [6.07, 6.45) is 0.172. The molecule has 7 heteroatoms. The minimum atomic E-state index is -3.58. The van der Waals surface area contributed by atoms with Crippen LogP contribution in [-0.4, -0.2) is 37.0 Å². The summed E-state index contributed by atoms with van der Waals surface area (Å²) in [5.74, 6) is -0.0102. The van der Waals surface area contributed by atoms with Gasteiger partial charge < -0.3 is 5.11 Å². The number of rotatable bonds is 3. The van der Waals surface area contributed by atoms with Gasteiger partial charge in [-0.3, -0.25) is 0 Å². The second-order valence-electron chi connectivity index (χ2n) is 4.73. The normalized spacial score (nSPS) is 22.6. The van der Waals surface area contributed by atoms with Gasteiger partial charge in [0, 0.05) is 17.6 Å². The van der Waals surface area contributed by atoms with Gasteiger partial charge in [-0.25, -0.2) is 8.42 Å². The van der Waals surface area contributed by atoms with E-state index in [0.29, 0.717) is 19.5 Å². The molecule has 1 saturated heterocycles. The van der Waals surface area contributed by atoms with Crippen LogP contribution in [0.2, 0.25) is 5.02 Å². The Morgan fingerprint density at radius 1 is 1.53 bits per heavy atom. The van der Waals surface area contributed by atoms with Gasteiger partial charge in [-0.1, -0.05) is 27.5 Å². The fourth-order valence-corrected chi connectivity index (χ4v) is 4.71. The SMILES string of the molecule is CC(O)C1CCN(S(=O)(=O)c2ccc(Br)cc2Cl)C1. The van der Waals surface area contributed by atoms with E-state index < -0.39 is 16.1 Å². The maximum atomic E-state index is 12.5. The van der Waals surface area contributed by atoms with Crippen molar-refractivity contribution in [3.8, 4) is 0 Å². The standard InChI is InChI=1S/C12H15BrClNO3S/c1-8(16)9-4-5-15(7-9)19(17,18)12-3-2-10(13)6-11(12)14/h2-3,6,8-9,16H,4-5,7H2,1H3. The second-order valence-corrected chi connectivity index (χ2v) is 7.96. The molecule has 1 N–H and O–H groups in total. The van der Waals surface area contributed by atoms with Crippen LogP contribution in [0.4, 0.5) is 0 Å². The van der Waals surface area contributed by atoms with Crippen LogP contribution in [0.25, 0.3) is 0 Å². The third-order valence-electron chi connectivity index (χ3n) is 3.38. The molecule has 0 aliphatic carbocycles. The summed E-state index contributed by atoms with van der Waals surface area (Å²) < 4.78 is 27.1. The van der Waals surface area contributed by atoms with Gasteiger partial charge >= 0.3 is 0 Å². The number of halogens is 2. The van der Waals surface area contributed by atoms with Crippen LogP contribution in [0.15, 0.2) is 27.6 Å². The number of hydrogen-bond donors (Lipinski definition) is 1. The van der Waals surface area contributed by atoms with Crippen molar-refractivity contribution >= 4 is 37.6 Å². The highest BCUT2D eigenvalue weighted by molar-refractivity contribution is 9.10. The summed E-state index contributed by atoms with van der Waals surface area (Å²) in [5.41, 5.74) is 0. The van der Waals surface area contributed by atoms with Crippen LogP contribution in [-0.2, 0) is 10.0 Å². The van der Waals surface area contributed by atoms with Crippen LogP contribution in [0, 0.1) is 5.92 Å². The molecule has 19 heavy (non-hydrogen) atoms. The van der Waals surface area contributed by atoms with Crippen LogP contribution in [0.3, 0.4) is 0 Å². The van der Waals surface area contributed by atoms with Crippen molar-refractivity contribution in [1.29, 1.82) is 0 Å². The first-order valence-corrected chi connectivity index (χ1v) is 8.56. The van der Waals surface area contributed by atoms with E-state index in [4.69, 9.17) is 11.6 Å². The van der Waals surface area contributed by atoms with E-state index in [1.807, 2.05) is 0 Å². The van der Waals surface area contributed by atoms with Crippen molar-refractivity contribution in [2.24, 2.45) is 5.92 Å². The van der Waals surface area contributed by atoms with Crippen molar-refractivity contribution in [1.82, 2.24) is 4.31 Å². The van der Waals surface area contributed by atoms with E-state index in [1.165, 1.54) is 10.4 Å². The molecule has 0 saturated carbocycles. The van der Waals surface area contributed by atoms with Crippen molar-refractivity contribution in [2.45, 2.75) is 24.3 Å². The van der Waals surface area contributed by atoms with Crippen LogP contribution in [0.1, 0.15) is 13.3 Å². The Bertz CT molecular complexity index is 576. The molecule has 1 aromatic carbocycles. The Morgan fingerprint density at radius 2 is 2.21 bits per heavy atom. The Labute approximate surface area is 126 Å². The van der Waals surface area contributed by atoms with E-state index in [9.17, 15) is 13.5 Å². The molecule has 0 radical (unpaired) electrons. The number of aliphatic hydroxyl groups is 1. The summed E-state index contributed by atoms with van der Waals surface area (Å²) in [7, 11) is -3.58. The average Bonchev–Trinajstić information content (AvgIpc) is 2.78. The van der Waals surface area contributed by atoms with E-state index in [2.05, 4.69) is 15.9 Å². The first-order valence-electron chi connectivity index (χ1n) is 5.95. The molecular formula is C12H15BrClNO3S. The Balaban J connectivity index is 2.29. The molecule has 0 amide bonds. The molecule has 2 unspecified atom stereocenters. The number of nitrogens with zero attached hydrogens (tertiary/aromatic N) is 1. The third-order valence-corrected chi connectivity index (χ3v) is 6.22. The average molecular weight is 369 g/mol. The molecule has 0 spiro atoms. The van der Waals surface area contributed by atoms with Crippen molar-refractivity contribution in [3.63, 3.8) is 0 Å². The smallest absolute Gasteiger partial charge is 0.244 e. The van der Waals surface area contributed by atoms with Gasteiger partial charge in [0.2, 0.25) is 10.0 Å². The lowest BCUT2D eigenvalue weighted by Gasteiger charge is -2.18. The molecular weight excluding hydrogens is 354 g/mol. The summed E-state index contributed by atoms with van der Waals surface area (Å²) in [6, 6.07) is 4.72. The second kappa shape index (κ2) is 5.69. The molecule has 2 atom stereocenters. The maximum absolute atomic E-state index is 12.5. The maximum Gasteiger partial charge on any atom is 0.244 e. The molecule has 4 nitrogen and oxygen atoms in total. The monoisotopic (exact) mass is 367 g/mol. The van der Waals surface area contributed by atoms with E-state index in [-0.39, 0.29) is 15.8 Å². The van der Waals surface area contributed by atoms with Gasteiger partial charge in [0.25, 0.3) is 0 Å². The fraction of sp³-hybridized carbons (Fsp3) is 0.500. The third kappa shape index (κ3) is 3.13. The van der Waals surface area contributed by atoms with E-state index in [1.54, 1.807) is 19.1 Å².